The molecular weight excluding hydrogens is 172 g/mol. The zero-order valence-electron chi connectivity index (χ0n) is 9.57. The quantitative estimate of drug-likeness (QED) is 0.425. The first-order valence-electron chi connectivity index (χ1n) is 5.72. The van der Waals surface area contributed by atoms with Crippen molar-refractivity contribution in [1.29, 1.82) is 0 Å². The molecule has 0 aromatic rings. The number of hydrogen-bond acceptors (Lipinski definition) is 1. The highest BCUT2D eigenvalue weighted by Gasteiger charge is 1.98. The Bertz CT molecular complexity index is 195. The number of hydrogen-bond donors (Lipinski definition) is 0. The van der Waals surface area contributed by atoms with E-state index >= 15 is 0 Å². The van der Waals surface area contributed by atoms with Crippen LogP contribution in [0.2, 0.25) is 0 Å². The Balaban J connectivity index is 3.17. The van der Waals surface area contributed by atoms with Gasteiger partial charge in [-0.1, -0.05) is 44.9 Å². The summed E-state index contributed by atoms with van der Waals surface area (Å²) in [5.74, 6) is 5.86. The average Bonchev–Trinajstić information content (AvgIpc) is 2.20. The van der Waals surface area contributed by atoms with E-state index in [2.05, 4.69) is 18.8 Å². The van der Waals surface area contributed by atoms with E-state index in [1.165, 1.54) is 32.1 Å². The molecule has 0 saturated carbocycles. The molecule has 0 spiro atoms. The van der Waals surface area contributed by atoms with Crippen LogP contribution < -0.4 is 0 Å². The lowest BCUT2D eigenvalue weighted by Crippen LogP contribution is -1.95. The molecule has 0 heterocycles. The number of carbonyl (C=O) groups is 1. The summed E-state index contributed by atoms with van der Waals surface area (Å²) in [4.78, 5) is 11.2. The van der Waals surface area contributed by atoms with E-state index in [4.69, 9.17) is 0 Å². The number of unbranched alkanes of at least 4 members (excludes halogenated alkanes) is 5. The Kier molecular flexibility index (Phi) is 9.74. The molecule has 0 fully saturated rings. The maximum absolute atomic E-state index is 11.2. The second-order valence-electron chi connectivity index (χ2n) is 3.66. The molecule has 0 saturated heterocycles. The van der Waals surface area contributed by atoms with E-state index in [9.17, 15) is 4.79 Å². The molecule has 0 aliphatic heterocycles. The third-order valence-corrected chi connectivity index (χ3v) is 2.27. The van der Waals surface area contributed by atoms with Crippen LogP contribution in [-0.2, 0) is 4.79 Å². The first kappa shape index (κ1) is 13.2. The van der Waals surface area contributed by atoms with Crippen molar-refractivity contribution in [2.75, 3.05) is 0 Å². The standard InChI is InChI=1S/C13H22O/c1-3-5-7-8-9-10-12-13(14)11-6-4-2/h3,5,7-12H2,1-2H3. The molecule has 0 bridgehead atoms. The van der Waals surface area contributed by atoms with Crippen molar-refractivity contribution in [3.8, 4) is 11.8 Å². The van der Waals surface area contributed by atoms with Crippen LogP contribution in [0.1, 0.15) is 65.2 Å². The van der Waals surface area contributed by atoms with Crippen molar-refractivity contribution in [2.45, 2.75) is 65.2 Å². The van der Waals surface area contributed by atoms with Gasteiger partial charge in [0.15, 0.2) is 0 Å². The summed E-state index contributed by atoms with van der Waals surface area (Å²) >= 11 is 0. The summed E-state index contributed by atoms with van der Waals surface area (Å²) in [6.07, 6.45) is 8.63. The van der Waals surface area contributed by atoms with Gasteiger partial charge < -0.3 is 0 Å². The van der Waals surface area contributed by atoms with Gasteiger partial charge in [-0.3, -0.25) is 4.79 Å². The predicted molar refractivity (Wildman–Crippen MR) is 61.1 cm³/mol. The lowest BCUT2D eigenvalue weighted by molar-refractivity contribution is -0.118. The van der Waals surface area contributed by atoms with Gasteiger partial charge in [0, 0.05) is 6.42 Å². The molecular formula is C13H22O. The van der Waals surface area contributed by atoms with E-state index in [0.29, 0.717) is 12.2 Å². The molecule has 14 heavy (non-hydrogen) atoms. The molecule has 0 amide bonds. The highest BCUT2D eigenvalue weighted by Crippen LogP contribution is 2.07. The van der Waals surface area contributed by atoms with Gasteiger partial charge in [0.1, 0.15) is 5.78 Å². The third kappa shape index (κ3) is 9.32. The molecule has 0 N–H and O–H groups in total. The maximum Gasteiger partial charge on any atom is 0.144 e. The van der Waals surface area contributed by atoms with Crippen LogP contribution >= 0.6 is 0 Å². The largest absolute Gasteiger partial charge is 0.299 e. The first-order chi connectivity index (χ1) is 6.81. The van der Waals surface area contributed by atoms with Crippen LogP contribution in [0, 0.1) is 11.8 Å². The summed E-state index contributed by atoms with van der Waals surface area (Å²) in [7, 11) is 0. The van der Waals surface area contributed by atoms with Crippen LogP contribution in [0.3, 0.4) is 0 Å². The monoisotopic (exact) mass is 194 g/mol. The summed E-state index contributed by atoms with van der Waals surface area (Å²) in [5.41, 5.74) is 0. The van der Waals surface area contributed by atoms with Gasteiger partial charge >= 0.3 is 0 Å². The number of Topliss-reactive ketones (excluding diaryl/α,β-unsaturated/α-hetero) is 1. The first-order valence-corrected chi connectivity index (χ1v) is 5.72. The van der Waals surface area contributed by atoms with Gasteiger partial charge in [-0.05, 0) is 13.3 Å². The van der Waals surface area contributed by atoms with Crippen molar-refractivity contribution >= 4 is 5.78 Å². The summed E-state index contributed by atoms with van der Waals surface area (Å²) in [6.45, 7) is 3.99. The Morgan fingerprint density at radius 2 is 1.71 bits per heavy atom. The van der Waals surface area contributed by atoms with Crippen molar-refractivity contribution in [3.63, 3.8) is 0 Å². The molecule has 0 aromatic heterocycles. The SMILES string of the molecule is CC#CCC(=O)CCCCCCCC. The molecule has 1 nitrogen and oxygen atoms in total. The fourth-order valence-electron chi connectivity index (χ4n) is 1.38. The summed E-state index contributed by atoms with van der Waals surface area (Å²) in [5, 5.41) is 0. The molecule has 80 valence electrons. The molecule has 0 aliphatic carbocycles. The van der Waals surface area contributed by atoms with Crippen LogP contribution in [0.5, 0.6) is 0 Å². The summed E-state index contributed by atoms with van der Waals surface area (Å²) < 4.78 is 0. The minimum Gasteiger partial charge on any atom is -0.299 e. The molecule has 0 aromatic carbocycles. The number of ketones is 1. The maximum atomic E-state index is 11.2. The van der Waals surface area contributed by atoms with E-state index in [0.717, 1.165) is 12.8 Å². The fraction of sp³-hybridized carbons (Fsp3) is 0.769. The highest BCUT2D eigenvalue weighted by atomic mass is 16.1. The van der Waals surface area contributed by atoms with Crippen molar-refractivity contribution < 1.29 is 4.79 Å². The zero-order valence-corrected chi connectivity index (χ0v) is 9.57. The van der Waals surface area contributed by atoms with Gasteiger partial charge in [-0.2, -0.15) is 0 Å². The lowest BCUT2D eigenvalue weighted by Gasteiger charge is -1.98. The van der Waals surface area contributed by atoms with E-state index in [1.54, 1.807) is 6.92 Å². The van der Waals surface area contributed by atoms with Crippen molar-refractivity contribution in [2.24, 2.45) is 0 Å². The molecule has 0 atom stereocenters. The Morgan fingerprint density at radius 3 is 2.36 bits per heavy atom. The van der Waals surface area contributed by atoms with E-state index in [1.807, 2.05) is 0 Å². The van der Waals surface area contributed by atoms with Gasteiger partial charge in [-0.15, -0.1) is 5.92 Å². The number of carbonyl (C=O) groups excluding carboxylic acids is 1. The van der Waals surface area contributed by atoms with Gasteiger partial charge in [0.2, 0.25) is 0 Å². The zero-order chi connectivity index (χ0) is 10.6. The van der Waals surface area contributed by atoms with Crippen molar-refractivity contribution in [1.82, 2.24) is 0 Å². The van der Waals surface area contributed by atoms with Crippen LogP contribution in [-0.4, -0.2) is 5.78 Å². The Hall–Kier alpha value is -0.770. The minimum absolute atomic E-state index is 0.301. The predicted octanol–water partition coefficient (Wildman–Crippen LogP) is 3.72. The highest BCUT2D eigenvalue weighted by molar-refractivity contribution is 5.80. The normalized spacial score (nSPS) is 9.29. The molecule has 0 radical (unpaired) electrons. The second-order valence-corrected chi connectivity index (χ2v) is 3.66. The van der Waals surface area contributed by atoms with Gasteiger partial charge in [-0.25, -0.2) is 0 Å². The lowest BCUT2D eigenvalue weighted by atomic mass is 10.1. The number of rotatable bonds is 8. The van der Waals surface area contributed by atoms with Gasteiger partial charge in [0.25, 0.3) is 0 Å². The van der Waals surface area contributed by atoms with E-state index in [-0.39, 0.29) is 0 Å². The molecule has 1 heteroatoms. The molecule has 0 rings (SSSR count). The minimum atomic E-state index is 0.301. The van der Waals surface area contributed by atoms with Crippen LogP contribution in [0.25, 0.3) is 0 Å². The van der Waals surface area contributed by atoms with Crippen molar-refractivity contribution in [3.05, 3.63) is 0 Å². The van der Waals surface area contributed by atoms with Crippen LogP contribution in [0.4, 0.5) is 0 Å². The molecule has 0 aliphatic rings. The topological polar surface area (TPSA) is 17.1 Å². The average molecular weight is 194 g/mol. The third-order valence-electron chi connectivity index (χ3n) is 2.27. The van der Waals surface area contributed by atoms with Crippen LogP contribution in [0.15, 0.2) is 0 Å². The smallest absolute Gasteiger partial charge is 0.144 e. The summed E-state index contributed by atoms with van der Waals surface area (Å²) in [6, 6.07) is 0. The Morgan fingerprint density at radius 1 is 1.07 bits per heavy atom. The fourth-order valence-corrected chi connectivity index (χ4v) is 1.38. The van der Waals surface area contributed by atoms with E-state index < -0.39 is 0 Å². The molecule has 0 unspecified atom stereocenters. The van der Waals surface area contributed by atoms with Gasteiger partial charge in [0.05, 0.1) is 6.42 Å². The second kappa shape index (κ2) is 10.3. The Labute approximate surface area is 88.3 Å².